The van der Waals surface area contributed by atoms with Crippen LogP contribution in [0.25, 0.3) is 0 Å². The summed E-state index contributed by atoms with van der Waals surface area (Å²) >= 11 is 12.3. The summed E-state index contributed by atoms with van der Waals surface area (Å²) in [6.07, 6.45) is 13.7. The number of unbranched alkanes of at least 4 members (excludes halogenated alkanes) is 3. The lowest BCUT2D eigenvalue weighted by atomic mass is 10.2. The molecule has 0 heterocycles. The zero-order valence-electron chi connectivity index (χ0n) is 14.9. The highest BCUT2D eigenvalue weighted by Crippen LogP contribution is 2.63. The van der Waals surface area contributed by atoms with Crippen LogP contribution in [0.2, 0.25) is 10.0 Å². The van der Waals surface area contributed by atoms with Crippen molar-refractivity contribution < 1.29 is 12.4 Å². The first kappa shape index (κ1) is 23.5. The fraction of sp³-hybridized carbons (Fsp3) is 0.684. The molecule has 0 saturated carbocycles. The van der Waals surface area contributed by atoms with Gasteiger partial charge in [0.1, 0.15) is 0 Å². The number of halogens is 3. The van der Waals surface area contributed by atoms with E-state index >= 15 is 0 Å². The molecule has 0 aliphatic heterocycles. The molecule has 1 rings (SSSR count). The fourth-order valence-electron chi connectivity index (χ4n) is 3.08. The molecule has 0 nitrogen and oxygen atoms in total. The second-order valence-corrected chi connectivity index (χ2v) is 11.6. The van der Waals surface area contributed by atoms with Gasteiger partial charge in [-0.1, -0.05) is 69.3 Å². The number of rotatable bonds is 11. The maximum absolute atomic E-state index is 6.24. The quantitative estimate of drug-likeness (QED) is 0.465. The Labute approximate surface area is 160 Å². The molecule has 134 valence electrons. The summed E-state index contributed by atoms with van der Waals surface area (Å²) in [5, 5.41) is 1.38. The Morgan fingerprint density at radius 1 is 0.783 bits per heavy atom. The first-order valence-electron chi connectivity index (χ1n) is 8.86. The maximum Gasteiger partial charge on any atom is 0.0843 e. The standard InChI is InChI=1S/C19H32Cl2P.ClH/c1-4-7-12-22(13-8-5-2,14-9-6-3)16-17-10-11-18(20)19(21)15-17;/h10-11,15H,4-9,12-14,16H2,1-3H3;1H/q+1;/p-1. The average Bonchev–Trinajstić information content (AvgIpc) is 2.52. The van der Waals surface area contributed by atoms with Gasteiger partial charge in [0.25, 0.3) is 0 Å². The van der Waals surface area contributed by atoms with Crippen molar-refractivity contribution >= 4 is 30.5 Å². The van der Waals surface area contributed by atoms with Gasteiger partial charge in [0.05, 0.1) is 34.7 Å². The van der Waals surface area contributed by atoms with Crippen molar-refractivity contribution in [2.75, 3.05) is 18.5 Å². The van der Waals surface area contributed by atoms with Gasteiger partial charge in [0.15, 0.2) is 0 Å². The van der Waals surface area contributed by atoms with E-state index in [1.807, 2.05) is 6.07 Å². The third kappa shape index (κ3) is 8.44. The molecule has 23 heavy (non-hydrogen) atoms. The fourth-order valence-corrected chi connectivity index (χ4v) is 8.48. The normalized spacial score (nSPS) is 11.3. The zero-order chi connectivity index (χ0) is 16.4. The van der Waals surface area contributed by atoms with Crippen LogP contribution in [0.4, 0.5) is 0 Å². The summed E-state index contributed by atoms with van der Waals surface area (Å²) in [4.78, 5) is 0. The molecule has 1 aromatic carbocycles. The van der Waals surface area contributed by atoms with Gasteiger partial charge >= 0.3 is 0 Å². The lowest BCUT2D eigenvalue weighted by Crippen LogP contribution is -3.00. The van der Waals surface area contributed by atoms with Gasteiger partial charge in [-0.25, -0.2) is 0 Å². The first-order chi connectivity index (χ1) is 10.6. The number of benzene rings is 1. The molecule has 0 atom stereocenters. The molecule has 0 amide bonds. The third-order valence-corrected chi connectivity index (χ3v) is 10.0. The van der Waals surface area contributed by atoms with E-state index in [4.69, 9.17) is 23.2 Å². The van der Waals surface area contributed by atoms with Crippen LogP contribution in [0.1, 0.15) is 64.9 Å². The summed E-state index contributed by atoms with van der Waals surface area (Å²) in [7, 11) is -0.904. The minimum absolute atomic E-state index is 0. The van der Waals surface area contributed by atoms with Crippen LogP contribution >= 0.6 is 30.5 Å². The lowest BCUT2D eigenvalue weighted by molar-refractivity contribution is -0.00000474. The SMILES string of the molecule is CCCC[P+](CCCC)(CCCC)Cc1ccc(Cl)c(Cl)c1.[Cl-]. The van der Waals surface area contributed by atoms with Crippen molar-refractivity contribution in [3.8, 4) is 0 Å². The molecule has 0 aromatic heterocycles. The van der Waals surface area contributed by atoms with E-state index in [1.54, 1.807) is 0 Å². The Kier molecular flexibility index (Phi) is 13.1. The van der Waals surface area contributed by atoms with E-state index in [1.165, 1.54) is 68.7 Å². The molecular weight excluding hydrogens is 366 g/mol. The highest BCUT2D eigenvalue weighted by atomic mass is 35.5. The van der Waals surface area contributed by atoms with Crippen molar-refractivity contribution in [1.82, 2.24) is 0 Å². The van der Waals surface area contributed by atoms with Crippen LogP contribution in [0, 0.1) is 0 Å². The van der Waals surface area contributed by atoms with Crippen molar-refractivity contribution in [3.05, 3.63) is 33.8 Å². The Balaban J connectivity index is 0.00000484. The molecule has 4 heteroatoms. The van der Waals surface area contributed by atoms with E-state index in [0.29, 0.717) is 10.0 Å². The van der Waals surface area contributed by atoms with Crippen molar-refractivity contribution in [1.29, 1.82) is 0 Å². The van der Waals surface area contributed by atoms with Gasteiger partial charge in [-0.05, 0) is 37.0 Å². The predicted octanol–water partition coefficient (Wildman–Crippen LogP) is 4.92. The summed E-state index contributed by atoms with van der Waals surface area (Å²) < 4.78 is 0. The highest BCUT2D eigenvalue weighted by Gasteiger charge is 2.35. The number of hydrogen-bond acceptors (Lipinski definition) is 0. The Morgan fingerprint density at radius 3 is 1.65 bits per heavy atom. The van der Waals surface area contributed by atoms with E-state index in [-0.39, 0.29) is 12.4 Å². The van der Waals surface area contributed by atoms with E-state index < -0.39 is 7.26 Å². The van der Waals surface area contributed by atoms with Gasteiger partial charge < -0.3 is 12.4 Å². The van der Waals surface area contributed by atoms with Crippen LogP contribution in [-0.4, -0.2) is 18.5 Å². The van der Waals surface area contributed by atoms with Crippen LogP contribution < -0.4 is 12.4 Å². The Morgan fingerprint density at radius 2 is 1.26 bits per heavy atom. The van der Waals surface area contributed by atoms with Crippen LogP contribution in [0.3, 0.4) is 0 Å². The van der Waals surface area contributed by atoms with Gasteiger partial charge in [-0.3, -0.25) is 0 Å². The Bertz CT molecular complexity index is 413. The molecule has 1 aromatic rings. The molecule has 0 unspecified atom stereocenters. The monoisotopic (exact) mass is 396 g/mol. The molecule has 0 aliphatic carbocycles. The summed E-state index contributed by atoms with van der Waals surface area (Å²) in [5.41, 5.74) is 1.39. The molecule has 0 bridgehead atoms. The zero-order valence-corrected chi connectivity index (χ0v) is 18.0. The first-order valence-corrected chi connectivity index (χ1v) is 12.1. The van der Waals surface area contributed by atoms with Crippen LogP contribution in [-0.2, 0) is 6.16 Å². The van der Waals surface area contributed by atoms with Gasteiger partial charge in [-0.15, -0.1) is 0 Å². The maximum atomic E-state index is 6.24. The smallest absolute Gasteiger partial charge is 0.0843 e. The largest absolute Gasteiger partial charge is 1.00 e. The number of hydrogen-bond donors (Lipinski definition) is 0. The Hall–Kier alpha value is 0.520. The van der Waals surface area contributed by atoms with Gasteiger partial charge in [0.2, 0.25) is 0 Å². The molecular formula is C19H32Cl3P. The molecule has 0 aliphatic rings. The summed E-state index contributed by atoms with van der Waals surface area (Å²) in [6, 6.07) is 6.25. The van der Waals surface area contributed by atoms with E-state index in [2.05, 4.69) is 32.9 Å². The summed E-state index contributed by atoms with van der Waals surface area (Å²) in [6.45, 7) is 6.94. The molecule has 0 radical (unpaired) electrons. The lowest BCUT2D eigenvalue weighted by Gasteiger charge is -2.28. The average molecular weight is 398 g/mol. The summed E-state index contributed by atoms with van der Waals surface area (Å²) in [5.74, 6) is 0. The van der Waals surface area contributed by atoms with Gasteiger partial charge in [-0.2, -0.15) is 0 Å². The topological polar surface area (TPSA) is 0 Å². The highest BCUT2D eigenvalue weighted by molar-refractivity contribution is 7.75. The molecule has 0 N–H and O–H groups in total. The van der Waals surface area contributed by atoms with Crippen molar-refractivity contribution in [3.63, 3.8) is 0 Å². The predicted molar refractivity (Wildman–Crippen MR) is 106 cm³/mol. The van der Waals surface area contributed by atoms with Crippen molar-refractivity contribution in [2.24, 2.45) is 0 Å². The van der Waals surface area contributed by atoms with Crippen LogP contribution in [0.15, 0.2) is 18.2 Å². The van der Waals surface area contributed by atoms with E-state index in [0.717, 1.165) is 0 Å². The minimum atomic E-state index is -0.904. The molecule has 0 spiro atoms. The molecule has 0 fully saturated rings. The van der Waals surface area contributed by atoms with Crippen molar-refractivity contribution in [2.45, 2.75) is 65.5 Å². The third-order valence-electron chi connectivity index (χ3n) is 4.46. The van der Waals surface area contributed by atoms with E-state index in [9.17, 15) is 0 Å². The van der Waals surface area contributed by atoms with Gasteiger partial charge in [0, 0.05) is 7.26 Å². The second kappa shape index (κ2) is 12.8. The molecule has 0 saturated heterocycles. The van der Waals surface area contributed by atoms with Crippen LogP contribution in [0.5, 0.6) is 0 Å². The second-order valence-electron chi connectivity index (χ2n) is 6.48. The minimum Gasteiger partial charge on any atom is -1.00 e.